The molecule has 3 aromatic rings. The molecule has 1 amide bonds. The van der Waals surface area contributed by atoms with Gasteiger partial charge in [-0.1, -0.05) is 28.9 Å². The fourth-order valence-corrected chi connectivity index (χ4v) is 2.85. The van der Waals surface area contributed by atoms with Crippen LogP contribution in [0.5, 0.6) is 0 Å². The molecule has 0 spiro atoms. The van der Waals surface area contributed by atoms with Crippen molar-refractivity contribution in [1.82, 2.24) is 20.0 Å². The first-order valence-corrected chi connectivity index (χ1v) is 8.78. The number of amides is 1. The molecule has 1 saturated heterocycles. The summed E-state index contributed by atoms with van der Waals surface area (Å²) in [6, 6.07) is 10.9. The first kappa shape index (κ1) is 17.3. The number of nitrogens with zero attached hydrogens (tertiary/aromatic N) is 4. The summed E-state index contributed by atoms with van der Waals surface area (Å²) < 4.78 is 10.2. The number of carbonyl (C=O) groups is 1. The molecule has 0 aliphatic carbocycles. The summed E-state index contributed by atoms with van der Waals surface area (Å²) in [5.74, 6) is 1.54. The van der Waals surface area contributed by atoms with Gasteiger partial charge in [0, 0.05) is 29.9 Å². The van der Waals surface area contributed by atoms with Crippen LogP contribution in [0.15, 0.2) is 47.1 Å². The average Bonchev–Trinajstić information content (AvgIpc) is 3.32. The number of ether oxygens (including phenoxy) is 1. The number of benzene rings is 1. The van der Waals surface area contributed by atoms with E-state index in [1.54, 1.807) is 23.2 Å². The third-order valence-electron chi connectivity index (χ3n) is 4.05. The molecule has 2 aromatic heterocycles. The molecule has 8 nitrogen and oxygen atoms in total. The van der Waals surface area contributed by atoms with Crippen LogP contribution in [-0.4, -0.2) is 52.4 Å². The van der Waals surface area contributed by atoms with Gasteiger partial charge in [0.15, 0.2) is 0 Å². The Labute approximate surface area is 160 Å². The highest BCUT2D eigenvalue weighted by molar-refractivity contribution is 6.30. The lowest BCUT2D eigenvalue weighted by molar-refractivity contribution is 0.159. The van der Waals surface area contributed by atoms with E-state index in [4.69, 9.17) is 20.9 Å². The highest BCUT2D eigenvalue weighted by Crippen LogP contribution is 2.24. The quantitative estimate of drug-likeness (QED) is 0.695. The Hall–Kier alpha value is -3.13. The van der Waals surface area contributed by atoms with Crippen LogP contribution in [0.2, 0.25) is 5.02 Å². The summed E-state index contributed by atoms with van der Waals surface area (Å²) in [6.45, 7) is 2.22. The van der Waals surface area contributed by atoms with Crippen molar-refractivity contribution in [3.05, 3.63) is 47.6 Å². The first-order chi connectivity index (χ1) is 13.2. The Kier molecular flexibility index (Phi) is 4.88. The van der Waals surface area contributed by atoms with Crippen molar-refractivity contribution in [2.75, 3.05) is 31.6 Å². The Morgan fingerprint density at radius 1 is 1.22 bits per heavy atom. The highest BCUT2D eigenvalue weighted by atomic mass is 35.5. The number of nitrogens with one attached hydrogen (secondary N) is 1. The van der Waals surface area contributed by atoms with E-state index in [0.29, 0.717) is 54.4 Å². The summed E-state index contributed by atoms with van der Waals surface area (Å²) in [6.07, 6.45) is 1.38. The van der Waals surface area contributed by atoms with Crippen LogP contribution in [-0.2, 0) is 4.74 Å². The van der Waals surface area contributed by atoms with Crippen LogP contribution in [0.25, 0.3) is 22.8 Å². The number of carbonyl (C=O) groups excluding carboxylic acids is 1. The molecule has 0 saturated carbocycles. The maximum absolute atomic E-state index is 11.4. The van der Waals surface area contributed by atoms with Crippen molar-refractivity contribution in [2.45, 2.75) is 0 Å². The van der Waals surface area contributed by atoms with E-state index in [9.17, 15) is 4.79 Å². The van der Waals surface area contributed by atoms with Gasteiger partial charge in [-0.3, -0.25) is 0 Å². The molecule has 1 fully saturated rings. The van der Waals surface area contributed by atoms with Crippen LogP contribution in [0.1, 0.15) is 0 Å². The molecule has 3 heterocycles. The predicted molar refractivity (Wildman–Crippen MR) is 99.4 cm³/mol. The fourth-order valence-electron chi connectivity index (χ4n) is 2.66. The minimum Gasteiger partial charge on any atom is -0.448 e. The van der Waals surface area contributed by atoms with Gasteiger partial charge >= 0.3 is 6.09 Å². The molecule has 0 atom stereocenters. The normalized spacial score (nSPS) is 13.7. The van der Waals surface area contributed by atoms with Gasteiger partial charge in [-0.2, -0.15) is 4.98 Å². The van der Waals surface area contributed by atoms with E-state index >= 15 is 0 Å². The molecule has 0 radical (unpaired) electrons. The minimum atomic E-state index is -0.271. The van der Waals surface area contributed by atoms with Gasteiger partial charge in [0.25, 0.3) is 5.89 Å². The number of hydrogen-bond acceptors (Lipinski definition) is 7. The molecule has 0 bridgehead atoms. The monoisotopic (exact) mass is 385 g/mol. The lowest BCUT2D eigenvalue weighted by Gasteiger charge is -2.13. The summed E-state index contributed by atoms with van der Waals surface area (Å²) in [7, 11) is 0. The van der Waals surface area contributed by atoms with Gasteiger partial charge in [-0.05, 0) is 24.3 Å². The lowest BCUT2D eigenvalue weighted by Crippen LogP contribution is -2.29. The van der Waals surface area contributed by atoms with Gasteiger partial charge in [-0.25, -0.2) is 9.78 Å². The second kappa shape index (κ2) is 7.63. The third kappa shape index (κ3) is 4.01. The third-order valence-corrected chi connectivity index (χ3v) is 4.29. The topological polar surface area (TPSA) is 93.4 Å². The number of aromatic nitrogens is 3. The van der Waals surface area contributed by atoms with Crippen molar-refractivity contribution >= 4 is 23.5 Å². The molecule has 0 unspecified atom stereocenters. The summed E-state index contributed by atoms with van der Waals surface area (Å²) in [4.78, 5) is 21.8. The van der Waals surface area contributed by atoms with Crippen molar-refractivity contribution in [1.29, 1.82) is 0 Å². The Morgan fingerprint density at radius 3 is 2.89 bits per heavy atom. The number of anilines is 1. The van der Waals surface area contributed by atoms with E-state index in [1.807, 2.05) is 24.3 Å². The van der Waals surface area contributed by atoms with Gasteiger partial charge < -0.3 is 19.5 Å². The van der Waals surface area contributed by atoms with E-state index in [1.165, 1.54) is 0 Å². The Balaban J connectivity index is 1.38. The van der Waals surface area contributed by atoms with Gasteiger partial charge in [0.2, 0.25) is 5.82 Å². The minimum absolute atomic E-state index is 0.271. The molecule has 1 aromatic carbocycles. The number of cyclic esters (lactones) is 1. The average molecular weight is 386 g/mol. The SMILES string of the molecule is O=C1OCCN1CCNc1ccc(-c2nc(-c3cccc(Cl)c3)no2)cn1. The van der Waals surface area contributed by atoms with Crippen molar-refractivity contribution in [3.63, 3.8) is 0 Å². The largest absolute Gasteiger partial charge is 0.448 e. The lowest BCUT2D eigenvalue weighted by atomic mass is 10.2. The zero-order chi connectivity index (χ0) is 18.6. The zero-order valence-corrected chi connectivity index (χ0v) is 15.0. The maximum Gasteiger partial charge on any atom is 0.409 e. The first-order valence-electron chi connectivity index (χ1n) is 8.41. The number of rotatable bonds is 6. The summed E-state index contributed by atoms with van der Waals surface area (Å²) in [5, 5.41) is 7.77. The zero-order valence-electron chi connectivity index (χ0n) is 14.3. The number of hydrogen-bond donors (Lipinski definition) is 1. The fraction of sp³-hybridized carbons (Fsp3) is 0.222. The molecule has 138 valence electrons. The highest BCUT2D eigenvalue weighted by Gasteiger charge is 2.20. The molecule has 9 heteroatoms. The Morgan fingerprint density at radius 2 is 2.15 bits per heavy atom. The van der Waals surface area contributed by atoms with Crippen molar-refractivity contribution in [2.24, 2.45) is 0 Å². The predicted octanol–water partition coefficient (Wildman–Crippen LogP) is 3.32. The van der Waals surface area contributed by atoms with Crippen LogP contribution >= 0.6 is 11.6 Å². The molecule has 27 heavy (non-hydrogen) atoms. The van der Waals surface area contributed by atoms with Crippen LogP contribution < -0.4 is 5.32 Å². The van der Waals surface area contributed by atoms with E-state index in [0.717, 1.165) is 5.56 Å². The molecule has 1 aliphatic rings. The Bertz CT molecular complexity index is 944. The van der Waals surface area contributed by atoms with Crippen molar-refractivity contribution in [3.8, 4) is 22.8 Å². The van der Waals surface area contributed by atoms with Crippen LogP contribution in [0.4, 0.5) is 10.6 Å². The maximum atomic E-state index is 11.4. The van der Waals surface area contributed by atoms with E-state index in [2.05, 4.69) is 20.4 Å². The van der Waals surface area contributed by atoms with E-state index < -0.39 is 0 Å². The molecule has 1 N–H and O–H groups in total. The standard InChI is InChI=1S/C18H16ClN5O3/c19-14-3-1-2-12(10-14)16-22-17(27-23-16)13-4-5-15(21-11-13)20-6-7-24-8-9-26-18(24)25/h1-5,10-11H,6-9H2,(H,20,21). The van der Waals surface area contributed by atoms with Gasteiger partial charge in [0.1, 0.15) is 12.4 Å². The van der Waals surface area contributed by atoms with Crippen molar-refractivity contribution < 1.29 is 14.1 Å². The smallest absolute Gasteiger partial charge is 0.409 e. The summed E-state index contributed by atoms with van der Waals surface area (Å²) >= 11 is 6.00. The van der Waals surface area contributed by atoms with Gasteiger partial charge in [0.05, 0.1) is 12.1 Å². The van der Waals surface area contributed by atoms with E-state index in [-0.39, 0.29) is 6.09 Å². The summed E-state index contributed by atoms with van der Waals surface area (Å²) in [5.41, 5.74) is 1.49. The van der Waals surface area contributed by atoms with Gasteiger partial charge in [-0.15, -0.1) is 0 Å². The second-order valence-electron chi connectivity index (χ2n) is 5.89. The van der Waals surface area contributed by atoms with Crippen LogP contribution in [0, 0.1) is 0 Å². The van der Waals surface area contributed by atoms with Crippen LogP contribution in [0.3, 0.4) is 0 Å². The molecular formula is C18H16ClN5O3. The number of pyridine rings is 1. The second-order valence-corrected chi connectivity index (χ2v) is 6.33. The molecule has 1 aliphatic heterocycles. The molecule has 4 rings (SSSR count). The number of halogens is 1. The molecular weight excluding hydrogens is 370 g/mol.